The van der Waals surface area contributed by atoms with Gasteiger partial charge in [0.1, 0.15) is 11.4 Å². The number of ether oxygens (including phenoxy) is 2. The summed E-state index contributed by atoms with van der Waals surface area (Å²) in [5.74, 6) is -0.116. The predicted octanol–water partition coefficient (Wildman–Crippen LogP) is 3.71. The second-order valence-corrected chi connectivity index (χ2v) is 7.90. The second kappa shape index (κ2) is 8.10. The van der Waals surface area contributed by atoms with Gasteiger partial charge in [0, 0.05) is 12.1 Å². The Labute approximate surface area is 157 Å². The van der Waals surface area contributed by atoms with Gasteiger partial charge in [0.2, 0.25) is 0 Å². The Bertz CT molecular complexity index is 669. The molecule has 2 amide bonds. The van der Waals surface area contributed by atoms with E-state index in [0.717, 1.165) is 12.8 Å². The molecule has 27 heavy (non-hydrogen) atoms. The molecule has 0 radical (unpaired) electrons. The minimum atomic E-state index is -2.92. The van der Waals surface area contributed by atoms with Gasteiger partial charge in [-0.1, -0.05) is 0 Å². The lowest BCUT2D eigenvalue weighted by atomic mass is 9.95. The Hall–Kier alpha value is -2.38. The number of hydrogen-bond donors (Lipinski definition) is 2. The molecule has 1 atom stereocenters. The van der Waals surface area contributed by atoms with Gasteiger partial charge in [-0.15, -0.1) is 0 Å². The first-order chi connectivity index (χ1) is 12.5. The number of amides is 2. The van der Waals surface area contributed by atoms with Crippen LogP contribution in [0.1, 0.15) is 50.9 Å². The van der Waals surface area contributed by atoms with Crippen LogP contribution in [0.4, 0.5) is 13.6 Å². The van der Waals surface area contributed by atoms with Gasteiger partial charge in [0.25, 0.3) is 5.91 Å². The van der Waals surface area contributed by atoms with Crippen molar-refractivity contribution in [2.24, 2.45) is 5.92 Å². The highest BCUT2D eigenvalue weighted by Gasteiger charge is 2.43. The number of rotatable bonds is 7. The van der Waals surface area contributed by atoms with E-state index in [0.29, 0.717) is 5.56 Å². The summed E-state index contributed by atoms with van der Waals surface area (Å²) >= 11 is 0. The monoisotopic (exact) mass is 384 g/mol. The van der Waals surface area contributed by atoms with Crippen molar-refractivity contribution in [3.63, 3.8) is 0 Å². The molecule has 1 unspecified atom stereocenters. The average Bonchev–Trinajstić information content (AvgIpc) is 3.37. The molecule has 0 aromatic heterocycles. The zero-order chi connectivity index (χ0) is 20.2. The van der Waals surface area contributed by atoms with Gasteiger partial charge in [0.15, 0.2) is 0 Å². The summed E-state index contributed by atoms with van der Waals surface area (Å²) in [6, 6.07) is 5.46. The predicted molar refractivity (Wildman–Crippen MR) is 95.9 cm³/mol. The number of alkyl halides is 2. The Kier molecular flexibility index (Phi) is 6.28. The minimum absolute atomic E-state index is 0.0157. The number of carbonyl (C=O) groups is 2. The molecule has 1 aromatic carbocycles. The van der Waals surface area contributed by atoms with Gasteiger partial charge in [-0.05, 0) is 70.7 Å². The Balaban J connectivity index is 1.98. The van der Waals surface area contributed by atoms with Crippen LogP contribution in [-0.2, 0) is 4.74 Å². The molecule has 150 valence electrons. The quantitative estimate of drug-likeness (QED) is 0.751. The second-order valence-electron chi connectivity index (χ2n) is 7.90. The van der Waals surface area contributed by atoms with E-state index in [9.17, 15) is 18.4 Å². The van der Waals surface area contributed by atoms with Crippen molar-refractivity contribution in [3.05, 3.63) is 29.8 Å². The highest BCUT2D eigenvalue weighted by Crippen LogP contribution is 2.39. The van der Waals surface area contributed by atoms with Crippen LogP contribution >= 0.6 is 0 Å². The maximum Gasteiger partial charge on any atom is 0.407 e. The summed E-state index contributed by atoms with van der Waals surface area (Å²) < 4.78 is 33.9. The van der Waals surface area contributed by atoms with Crippen molar-refractivity contribution in [2.75, 3.05) is 6.54 Å². The van der Waals surface area contributed by atoms with Crippen LogP contribution in [0.15, 0.2) is 24.3 Å². The zero-order valence-electron chi connectivity index (χ0n) is 16.0. The molecule has 6 nitrogen and oxygen atoms in total. The summed E-state index contributed by atoms with van der Waals surface area (Å²) in [6.07, 6.45) is 1.36. The first-order valence-electron chi connectivity index (χ1n) is 8.83. The third kappa shape index (κ3) is 6.69. The highest BCUT2D eigenvalue weighted by atomic mass is 19.3. The van der Waals surface area contributed by atoms with Crippen LogP contribution < -0.4 is 15.4 Å². The van der Waals surface area contributed by atoms with E-state index in [1.807, 2.05) is 6.92 Å². The molecule has 0 saturated heterocycles. The molecule has 2 rings (SSSR count). The fourth-order valence-electron chi connectivity index (χ4n) is 2.70. The smallest absolute Gasteiger partial charge is 0.407 e. The minimum Gasteiger partial charge on any atom is -0.444 e. The SMILES string of the molecule is CC(C)(C)OC(=O)NCC(C)(NC(=O)c1ccc(OC(F)F)cc1)C1CC1. The normalized spacial score (nSPS) is 16.4. The maximum atomic E-state index is 12.6. The molecular formula is C19H26F2N2O4. The van der Waals surface area contributed by atoms with Crippen LogP contribution in [0.3, 0.4) is 0 Å². The van der Waals surface area contributed by atoms with Crippen LogP contribution in [0, 0.1) is 5.92 Å². The number of hydrogen-bond acceptors (Lipinski definition) is 4. The van der Waals surface area contributed by atoms with Crippen molar-refractivity contribution < 1.29 is 27.8 Å². The topological polar surface area (TPSA) is 76.7 Å². The van der Waals surface area contributed by atoms with E-state index < -0.39 is 23.8 Å². The maximum absolute atomic E-state index is 12.6. The van der Waals surface area contributed by atoms with Gasteiger partial charge >= 0.3 is 12.7 Å². The molecule has 0 spiro atoms. The van der Waals surface area contributed by atoms with E-state index in [1.54, 1.807) is 20.8 Å². The molecule has 0 bridgehead atoms. The lowest BCUT2D eigenvalue weighted by molar-refractivity contribution is -0.0498. The van der Waals surface area contributed by atoms with E-state index in [2.05, 4.69) is 15.4 Å². The van der Waals surface area contributed by atoms with Gasteiger partial charge < -0.3 is 20.1 Å². The lowest BCUT2D eigenvalue weighted by Gasteiger charge is -2.32. The summed E-state index contributed by atoms with van der Waals surface area (Å²) in [7, 11) is 0. The number of carbonyl (C=O) groups excluding carboxylic acids is 2. The standard InChI is InChI=1S/C19H26F2N2O4/c1-18(2,3)27-17(25)22-11-19(4,13-7-8-13)23-15(24)12-5-9-14(10-6-12)26-16(20)21/h5-6,9-10,13,16H,7-8,11H2,1-4H3,(H,22,25)(H,23,24). The molecule has 0 aliphatic heterocycles. The fraction of sp³-hybridized carbons (Fsp3) is 0.579. The highest BCUT2D eigenvalue weighted by molar-refractivity contribution is 5.94. The van der Waals surface area contributed by atoms with E-state index >= 15 is 0 Å². The first kappa shape index (κ1) is 20.9. The average molecular weight is 384 g/mol. The number of benzene rings is 1. The van der Waals surface area contributed by atoms with Crippen molar-refractivity contribution in [1.29, 1.82) is 0 Å². The number of alkyl carbamates (subject to hydrolysis) is 1. The fourth-order valence-corrected chi connectivity index (χ4v) is 2.70. The zero-order valence-corrected chi connectivity index (χ0v) is 16.0. The number of halogens is 2. The summed E-state index contributed by atoms with van der Waals surface area (Å²) in [4.78, 5) is 24.5. The largest absolute Gasteiger partial charge is 0.444 e. The molecule has 1 saturated carbocycles. The van der Waals surface area contributed by atoms with Crippen molar-refractivity contribution >= 4 is 12.0 Å². The molecule has 1 fully saturated rings. The van der Waals surface area contributed by atoms with Gasteiger partial charge in [-0.25, -0.2) is 4.79 Å². The Morgan fingerprint density at radius 3 is 2.22 bits per heavy atom. The third-order valence-electron chi connectivity index (χ3n) is 4.22. The summed E-state index contributed by atoms with van der Waals surface area (Å²) in [5.41, 5.74) is -0.918. The molecule has 1 aromatic rings. The van der Waals surface area contributed by atoms with Crippen LogP contribution in [0.2, 0.25) is 0 Å². The molecule has 2 N–H and O–H groups in total. The molecule has 8 heteroatoms. The third-order valence-corrected chi connectivity index (χ3v) is 4.22. The Morgan fingerprint density at radius 1 is 1.15 bits per heavy atom. The van der Waals surface area contributed by atoms with Gasteiger partial charge in [0.05, 0.1) is 5.54 Å². The molecule has 1 aliphatic carbocycles. The summed E-state index contributed by atoms with van der Waals surface area (Å²) in [6.45, 7) is 4.50. The van der Waals surface area contributed by atoms with E-state index in [1.165, 1.54) is 24.3 Å². The molecular weight excluding hydrogens is 358 g/mol. The number of nitrogens with one attached hydrogen (secondary N) is 2. The first-order valence-corrected chi connectivity index (χ1v) is 8.83. The van der Waals surface area contributed by atoms with Crippen LogP contribution in [0.5, 0.6) is 5.75 Å². The van der Waals surface area contributed by atoms with E-state index in [4.69, 9.17) is 4.74 Å². The van der Waals surface area contributed by atoms with E-state index in [-0.39, 0.29) is 24.1 Å². The van der Waals surface area contributed by atoms with Crippen molar-refractivity contribution in [1.82, 2.24) is 10.6 Å². The lowest BCUT2D eigenvalue weighted by Crippen LogP contribution is -2.55. The summed E-state index contributed by atoms with van der Waals surface area (Å²) in [5, 5.41) is 5.66. The van der Waals surface area contributed by atoms with Crippen LogP contribution in [-0.4, -0.2) is 36.3 Å². The van der Waals surface area contributed by atoms with Gasteiger partial charge in [-0.2, -0.15) is 8.78 Å². The van der Waals surface area contributed by atoms with Crippen LogP contribution in [0.25, 0.3) is 0 Å². The van der Waals surface area contributed by atoms with Crippen molar-refractivity contribution in [3.8, 4) is 5.75 Å². The Morgan fingerprint density at radius 2 is 1.74 bits per heavy atom. The van der Waals surface area contributed by atoms with Crippen molar-refractivity contribution in [2.45, 2.75) is 58.3 Å². The van der Waals surface area contributed by atoms with Gasteiger partial charge in [-0.3, -0.25) is 4.79 Å². The molecule has 0 heterocycles. The molecule has 1 aliphatic rings.